The summed E-state index contributed by atoms with van der Waals surface area (Å²) in [6.07, 6.45) is 0.0543. The Kier molecular flexibility index (Phi) is 4.93. The van der Waals surface area contributed by atoms with Crippen LogP contribution in [0.2, 0.25) is 0 Å². The van der Waals surface area contributed by atoms with Gasteiger partial charge >= 0.3 is 0 Å². The number of hydrogen-bond donors (Lipinski definition) is 0. The Hall–Kier alpha value is -2.56. The average Bonchev–Trinajstić information content (AvgIpc) is 2.90. The lowest BCUT2D eigenvalue weighted by atomic mass is 9.96. The molecule has 5 heteroatoms. The predicted molar refractivity (Wildman–Crippen MR) is 93.8 cm³/mol. The highest BCUT2D eigenvalue weighted by Gasteiger charge is 2.31. The molecule has 1 heterocycles. The molecule has 0 saturated carbocycles. The fourth-order valence-electron chi connectivity index (χ4n) is 2.92. The van der Waals surface area contributed by atoms with E-state index in [2.05, 4.69) is 6.92 Å². The van der Waals surface area contributed by atoms with Crippen LogP contribution in [-0.2, 0) is 0 Å². The maximum absolute atomic E-state index is 13.5. The van der Waals surface area contributed by atoms with Crippen molar-refractivity contribution in [1.82, 2.24) is 4.90 Å². The van der Waals surface area contributed by atoms with Gasteiger partial charge in [-0.15, -0.1) is 0 Å². The molecule has 0 aromatic heterocycles. The van der Waals surface area contributed by atoms with E-state index in [9.17, 15) is 9.18 Å². The molecule has 2 unspecified atom stereocenters. The molecule has 3 rings (SSSR count). The Balaban J connectivity index is 1.65. The van der Waals surface area contributed by atoms with Crippen molar-refractivity contribution >= 4 is 5.91 Å². The predicted octanol–water partition coefficient (Wildman–Crippen LogP) is 3.86. The number of carbonyl (C=O) groups excluding carboxylic acids is 1. The van der Waals surface area contributed by atoms with E-state index in [1.165, 1.54) is 6.07 Å². The molecular formula is C20H22FNO3. The van der Waals surface area contributed by atoms with Crippen LogP contribution in [0.15, 0.2) is 42.5 Å². The zero-order valence-corrected chi connectivity index (χ0v) is 14.7. The summed E-state index contributed by atoms with van der Waals surface area (Å²) in [6.45, 7) is 4.66. The minimum Gasteiger partial charge on any atom is -0.489 e. The summed E-state index contributed by atoms with van der Waals surface area (Å²) in [6, 6.07) is 11.9. The van der Waals surface area contributed by atoms with Crippen LogP contribution in [-0.4, -0.2) is 37.1 Å². The second-order valence-corrected chi connectivity index (χ2v) is 6.34. The van der Waals surface area contributed by atoms with Gasteiger partial charge in [-0.3, -0.25) is 4.79 Å². The van der Waals surface area contributed by atoms with E-state index in [0.717, 1.165) is 5.56 Å². The van der Waals surface area contributed by atoms with Crippen molar-refractivity contribution in [3.8, 4) is 11.5 Å². The van der Waals surface area contributed by atoms with Crippen LogP contribution >= 0.6 is 0 Å². The van der Waals surface area contributed by atoms with Gasteiger partial charge in [0.15, 0.2) is 11.6 Å². The Morgan fingerprint density at radius 1 is 1.20 bits per heavy atom. The molecule has 2 aromatic carbocycles. The van der Waals surface area contributed by atoms with Crippen LogP contribution in [0.25, 0.3) is 0 Å². The molecule has 1 aliphatic heterocycles. The number of benzene rings is 2. The second kappa shape index (κ2) is 7.13. The third-order valence-corrected chi connectivity index (χ3v) is 4.64. The maximum atomic E-state index is 13.5. The number of likely N-dealkylation sites (N-methyl/N-ethyl adjacent to an activating group) is 1. The van der Waals surface area contributed by atoms with Crippen LogP contribution in [0.5, 0.6) is 11.5 Å². The van der Waals surface area contributed by atoms with Crippen molar-refractivity contribution in [2.75, 3.05) is 20.2 Å². The summed E-state index contributed by atoms with van der Waals surface area (Å²) in [5, 5.41) is 0. The summed E-state index contributed by atoms with van der Waals surface area (Å²) < 4.78 is 24.8. The quantitative estimate of drug-likeness (QED) is 0.827. The van der Waals surface area contributed by atoms with Gasteiger partial charge in [-0.2, -0.15) is 0 Å². The summed E-state index contributed by atoms with van der Waals surface area (Å²) in [7, 11) is 1.70. The van der Waals surface area contributed by atoms with Crippen molar-refractivity contribution in [1.29, 1.82) is 0 Å². The summed E-state index contributed by atoms with van der Waals surface area (Å²) >= 11 is 0. The molecule has 0 aliphatic carbocycles. The van der Waals surface area contributed by atoms with Crippen molar-refractivity contribution in [3.05, 3.63) is 59.4 Å². The Bertz CT molecular complexity index is 777. The van der Waals surface area contributed by atoms with E-state index < -0.39 is 5.82 Å². The van der Waals surface area contributed by atoms with Crippen LogP contribution in [0.1, 0.15) is 35.7 Å². The van der Waals surface area contributed by atoms with E-state index in [1.807, 2.05) is 19.1 Å². The van der Waals surface area contributed by atoms with Gasteiger partial charge in [0.2, 0.25) is 0 Å². The number of carbonyl (C=O) groups is 1. The van der Waals surface area contributed by atoms with E-state index in [-0.39, 0.29) is 30.3 Å². The minimum absolute atomic E-state index is 0.0543. The van der Waals surface area contributed by atoms with E-state index in [0.29, 0.717) is 17.9 Å². The zero-order valence-electron chi connectivity index (χ0n) is 14.7. The summed E-state index contributed by atoms with van der Waals surface area (Å²) in [4.78, 5) is 14.3. The van der Waals surface area contributed by atoms with E-state index in [4.69, 9.17) is 9.47 Å². The number of halogens is 1. The first kappa shape index (κ1) is 17.3. The first-order valence-corrected chi connectivity index (χ1v) is 8.41. The van der Waals surface area contributed by atoms with Crippen molar-refractivity contribution in [2.45, 2.75) is 25.9 Å². The van der Waals surface area contributed by atoms with Crippen molar-refractivity contribution in [3.63, 3.8) is 0 Å². The molecule has 0 bridgehead atoms. The number of nitrogens with zero attached hydrogens (tertiary/aromatic N) is 1. The van der Waals surface area contributed by atoms with Gasteiger partial charge in [-0.05, 0) is 25.1 Å². The number of rotatable bonds is 5. The lowest BCUT2D eigenvalue weighted by Gasteiger charge is -2.19. The van der Waals surface area contributed by atoms with Gasteiger partial charge in [0, 0.05) is 18.5 Å². The molecular weight excluding hydrogens is 321 g/mol. The normalized spacial score (nSPS) is 18.4. The molecule has 25 heavy (non-hydrogen) atoms. The van der Waals surface area contributed by atoms with Gasteiger partial charge in [-0.25, -0.2) is 4.39 Å². The molecule has 1 aliphatic rings. The number of fused-ring (bicyclic) bond motifs is 1. The molecule has 1 amide bonds. The van der Waals surface area contributed by atoms with Crippen molar-refractivity contribution in [2.24, 2.45) is 0 Å². The molecule has 2 atom stereocenters. The highest BCUT2D eigenvalue weighted by molar-refractivity contribution is 5.97. The zero-order chi connectivity index (χ0) is 18.0. The Labute approximate surface area is 147 Å². The number of amides is 1. The molecule has 0 fully saturated rings. The van der Waals surface area contributed by atoms with Crippen molar-refractivity contribution < 1.29 is 18.7 Å². The van der Waals surface area contributed by atoms with Gasteiger partial charge in [0.05, 0.1) is 12.1 Å². The number of hydrogen-bond acceptors (Lipinski definition) is 3. The Morgan fingerprint density at radius 2 is 1.96 bits per heavy atom. The number of para-hydroxylation sites is 2. The fourth-order valence-corrected chi connectivity index (χ4v) is 2.92. The van der Waals surface area contributed by atoms with Crippen LogP contribution < -0.4 is 9.47 Å². The third kappa shape index (κ3) is 3.45. The Morgan fingerprint density at radius 3 is 2.72 bits per heavy atom. The van der Waals surface area contributed by atoms with Gasteiger partial charge < -0.3 is 14.4 Å². The van der Waals surface area contributed by atoms with Crippen LogP contribution in [0.3, 0.4) is 0 Å². The van der Waals surface area contributed by atoms with Crippen LogP contribution in [0.4, 0.5) is 4.39 Å². The maximum Gasteiger partial charge on any atom is 0.257 e. The highest BCUT2D eigenvalue weighted by Crippen LogP contribution is 2.40. The molecule has 2 aromatic rings. The highest BCUT2D eigenvalue weighted by atomic mass is 19.1. The first-order valence-electron chi connectivity index (χ1n) is 8.41. The van der Waals surface area contributed by atoms with E-state index in [1.54, 1.807) is 36.2 Å². The molecule has 132 valence electrons. The van der Waals surface area contributed by atoms with E-state index >= 15 is 0 Å². The topological polar surface area (TPSA) is 38.8 Å². The lowest BCUT2D eigenvalue weighted by Crippen LogP contribution is -2.31. The molecule has 0 saturated heterocycles. The third-order valence-electron chi connectivity index (χ3n) is 4.64. The first-order chi connectivity index (χ1) is 12.0. The van der Waals surface area contributed by atoms with Gasteiger partial charge in [0.25, 0.3) is 5.91 Å². The van der Waals surface area contributed by atoms with Gasteiger partial charge in [-0.1, -0.05) is 31.2 Å². The fraction of sp³-hybridized carbons (Fsp3) is 0.350. The minimum atomic E-state index is -0.409. The van der Waals surface area contributed by atoms with Crippen LogP contribution in [0, 0.1) is 5.82 Å². The average molecular weight is 343 g/mol. The molecule has 0 N–H and O–H groups in total. The second-order valence-electron chi connectivity index (χ2n) is 6.34. The standard InChI is InChI=1S/C20H22FNO3/c1-13-14(2)25-19-15(13)7-6-8-16(19)20(23)22(3)11-12-24-18-10-5-4-9-17(18)21/h4-10,13-14H,11-12H2,1-3H3. The number of ether oxygens (including phenoxy) is 2. The summed E-state index contributed by atoms with van der Waals surface area (Å²) in [5.41, 5.74) is 1.62. The van der Waals surface area contributed by atoms with Gasteiger partial charge in [0.1, 0.15) is 18.5 Å². The summed E-state index contributed by atoms with van der Waals surface area (Å²) in [5.74, 6) is 0.589. The lowest BCUT2D eigenvalue weighted by molar-refractivity contribution is 0.0767. The largest absolute Gasteiger partial charge is 0.489 e. The SMILES string of the molecule is CC1Oc2c(C(=O)N(C)CCOc3ccccc3F)cccc2C1C. The monoisotopic (exact) mass is 343 g/mol. The molecule has 0 radical (unpaired) electrons. The smallest absolute Gasteiger partial charge is 0.257 e. The molecule has 0 spiro atoms. The molecule has 4 nitrogen and oxygen atoms in total.